The van der Waals surface area contributed by atoms with Gasteiger partial charge in [-0.15, -0.1) is 0 Å². The normalized spacial score (nSPS) is 16.7. The standard InChI is InChI=1S/C16H25NO4/c1-10(9-16(3,17)15(18)19)11(2)13-7-6-12(20-4)8-14(13)21-5/h6-8,10-11H,9,17H2,1-5H3,(H,18,19). The van der Waals surface area contributed by atoms with Crippen LogP contribution in [0.1, 0.15) is 38.7 Å². The minimum atomic E-state index is -1.23. The first-order valence-corrected chi connectivity index (χ1v) is 6.97. The van der Waals surface area contributed by atoms with Gasteiger partial charge in [-0.3, -0.25) is 4.79 Å². The Balaban J connectivity index is 2.97. The quantitative estimate of drug-likeness (QED) is 0.808. The number of rotatable bonds is 7. The van der Waals surface area contributed by atoms with Gasteiger partial charge in [-0.25, -0.2) is 0 Å². The van der Waals surface area contributed by atoms with Crippen molar-refractivity contribution in [2.75, 3.05) is 14.2 Å². The third-order valence-electron chi connectivity index (χ3n) is 4.02. The summed E-state index contributed by atoms with van der Waals surface area (Å²) in [5.41, 5.74) is 5.63. The van der Waals surface area contributed by atoms with Crippen molar-refractivity contribution in [3.63, 3.8) is 0 Å². The van der Waals surface area contributed by atoms with E-state index < -0.39 is 11.5 Å². The predicted octanol–water partition coefficient (Wildman–Crippen LogP) is 2.64. The van der Waals surface area contributed by atoms with Crippen molar-refractivity contribution < 1.29 is 19.4 Å². The molecule has 118 valence electrons. The topological polar surface area (TPSA) is 81.8 Å². The summed E-state index contributed by atoms with van der Waals surface area (Å²) >= 11 is 0. The van der Waals surface area contributed by atoms with Crippen LogP contribution in [0.25, 0.3) is 0 Å². The van der Waals surface area contributed by atoms with Crippen LogP contribution in [0.4, 0.5) is 0 Å². The van der Waals surface area contributed by atoms with Crippen LogP contribution in [0.3, 0.4) is 0 Å². The van der Waals surface area contributed by atoms with Gasteiger partial charge >= 0.3 is 5.97 Å². The maximum Gasteiger partial charge on any atom is 0.323 e. The van der Waals surface area contributed by atoms with Crippen molar-refractivity contribution in [2.45, 2.75) is 38.6 Å². The molecule has 0 aliphatic rings. The zero-order chi connectivity index (χ0) is 16.2. The van der Waals surface area contributed by atoms with E-state index in [0.29, 0.717) is 6.42 Å². The van der Waals surface area contributed by atoms with Crippen molar-refractivity contribution in [3.8, 4) is 11.5 Å². The molecule has 1 rings (SSSR count). The molecule has 0 amide bonds. The number of nitrogens with two attached hydrogens (primary N) is 1. The van der Waals surface area contributed by atoms with E-state index in [9.17, 15) is 4.79 Å². The number of hydrogen-bond acceptors (Lipinski definition) is 4. The fraction of sp³-hybridized carbons (Fsp3) is 0.562. The van der Waals surface area contributed by atoms with Crippen LogP contribution >= 0.6 is 0 Å². The third-order valence-corrected chi connectivity index (χ3v) is 4.02. The molecular formula is C16H25NO4. The van der Waals surface area contributed by atoms with E-state index in [2.05, 4.69) is 0 Å². The molecule has 0 heterocycles. The van der Waals surface area contributed by atoms with Gasteiger partial charge in [0.15, 0.2) is 0 Å². The molecule has 1 aromatic carbocycles. The van der Waals surface area contributed by atoms with Crippen LogP contribution in [-0.2, 0) is 4.79 Å². The maximum atomic E-state index is 11.2. The molecule has 1 aromatic rings. The second-order valence-corrected chi connectivity index (χ2v) is 5.80. The van der Waals surface area contributed by atoms with Gasteiger partial charge in [0.25, 0.3) is 0 Å². The number of carboxylic acids is 1. The van der Waals surface area contributed by atoms with Crippen LogP contribution in [0.5, 0.6) is 11.5 Å². The highest BCUT2D eigenvalue weighted by atomic mass is 16.5. The summed E-state index contributed by atoms with van der Waals surface area (Å²) in [6.45, 7) is 5.60. The van der Waals surface area contributed by atoms with Gasteiger partial charge in [0, 0.05) is 6.07 Å². The highest BCUT2D eigenvalue weighted by molar-refractivity contribution is 5.77. The second kappa shape index (κ2) is 6.80. The predicted molar refractivity (Wildman–Crippen MR) is 82.0 cm³/mol. The Labute approximate surface area is 126 Å². The average Bonchev–Trinajstić information content (AvgIpc) is 2.45. The van der Waals surface area contributed by atoms with Crippen molar-refractivity contribution >= 4 is 5.97 Å². The van der Waals surface area contributed by atoms with E-state index in [0.717, 1.165) is 17.1 Å². The summed E-state index contributed by atoms with van der Waals surface area (Å²) in [4.78, 5) is 11.2. The first-order chi connectivity index (χ1) is 9.72. The molecule has 3 N–H and O–H groups in total. The van der Waals surface area contributed by atoms with Crippen LogP contribution in [0, 0.1) is 5.92 Å². The van der Waals surface area contributed by atoms with Crippen LogP contribution in [0.2, 0.25) is 0 Å². The van der Waals surface area contributed by atoms with Crippen LogP contribution < -0.4 is 15.2 Å². The minimum absolute atomic E-state index is 0.0957. The van der Waals surface area contributed by atoms with Crippen molar-refractivity contribution in [1.82, 2.24) is 0 Å². The number of carbonyl (C=O) groups is 1. The lowest BCUT2D eigenvalue weighted by atomic mass is 9.80. The van der Waals surface area contributed by atoms with E-state index in [4.69, 9.17) is 20.3 Å². The highest BCUT2D eigenvalue weighted by Gasteiger charge is 2.32. The Morgan fingerprint density at radius 3 is 2.43 bits per heavy atom. The Bertz CT molecular complexity index is 499. The largest absolute Gasteiger partial charge is 0.497 e. The van der Waals surface area contributed by atoms with Crippen LogP contribution in [0.15, 0.2) is 18.2 Å². The fourth-order valence-electron chi connectivity index (χ4n) is 2.43. The third kappa shape index (κ3) is 4.11. The van der Waals surface area contributed by atoms with E-state index in [1.807, 2.05) is 32.0 Å². The summed E-state index contributed by atoms with van der Waals surface area (Å²) < 4.78 is 10.6. The number of benzene rings is 1. The molecular weight excluding hydrogens is 270 g/mol. The summed E-state index contributed by atoms with van der Waals surface area (Å²) in [5, 5.41) is 9.15. The smallest absolute Gasteiger partial charge is 0.323 e. The number of ether oxygens (including phenoxy) is 2. The SMILES string of the molecule is COc1ccc(C(C)C(C)CC(C)(N)C(=O)O)c(OC)c1. The molecule has 5 heteroatoms. The Morgan fingerprint density at radius 2 is 1.95 bits per heavy atom. The zero-order valence-corrected chi connectivity index (χ0v) is 13.3. The molecule has 3 atom stereocenters. The summed E-state index contributed by atoms with van der Waals surface area (Å²) in [6, 6.07) is 5.66. The molecule has 0 fully saturated rings. The lowest BCUT2D eigenvalue weighted by Gasteiger charge is -2.28. The number of aliphatic carboxylic acids is 1. The average molecular weight is 295 g/mol. The first-order valence-electron chi connectivity index (χ1n) is 6.97. The monoisotopic (exact) mass is 295 g/mol. The number of methoxy groups -OCH3 is 2. The number of hydrogen-bond donors (Lipinski definition) is 2. The Kier molecular flexibility index (Phi) is 5.61. The van der Waals surface area contributed by atoms with E-state index in [1.165, 1.54) is 0 Å². The van der Waals surface area contributed by atoms with Gasteiger partial charge in [-0.1, -0.05) is 19.9 Å². The van der Waals surface area contributed by atoms with Gasteiger partial charge in [0.2, 0.25) is 0 Å². The van der Waals surface area contributed by atoms with Crippen LogP contribution in [-0.4, -0.2) is 30.8 Å². The minimum Gasteiger partial charge on any atom is -0.497 e. The summed E-state index contributed by atoms with van der Waals surface area (Å²) in [6.07, 6.45) is 0.388. The molecule has 0 aliphatic carbocycles. The molecule has 0 saturated heterocycles. The molecule has 21 heavy (non-hydrogen) atoms. The maximum absolute atomic E-state index is 11.2. The van der Waals surface area contributed by atoms with Gasteiger partial charge in [0.05, 0.1) is 14.2 Å². The summed E-state index contributed by atoms with van der Waals surface area (Å²) in [5.74, 6) is 0.696. The molecule has 0 bridgehead atoms. The second-order valence-electron chi connectivity index (χ2n) is 5.80. The fourth-order valence-corrected chi connectivity index (χ4v) is 2.43. The Hall–Kier alpha value is -1.75. The van der Waals surface area contributed by atoms with E-state index in [1.54, 1.807) is 21.1 Å². The van der Waals surface area contributed by atoms with Crippen molar-refractivity contribution in [3.05, 3.63) is 23.8 Å². The zero-order valence-electron chi connectivity index (χ0n) is 13.3. The first kappa shape index (κ1) is 17.3. The van der Waals surface area contributed by atoms with Gasteiger partial charge in [-0.2, -0.15) is 0 Å². The van der Waals surface area contributed by atoms with Gasteiger partial charge in [0.1, 0.15) is 17.0 Å². The van der Waals surface area contributed by atoms with E-state index in [-0.39, 0.29) is 11.8 Å². The molecule has 0 aliphatic heterocycles. The molecule has 5 nitrogen and oxygen atoms in total. The lowest BCUT2D eigenvalue weighted by Crippen LogP contribution is -2.46. The Morgan fingerprint density at radius 1 is 1.33 bits per heavy atom. The van der Waals surface area contributed by atoms with E-state index >= 15 is 0 Å². The van der Waals surface area contributed by atoms with Crippen molar-refractivity contribution in [1.29, 1.82) is 0 Å². The molecule has 0 radical (unpaired) electrons. The molecule has 0 aromatic heterocycles. The highest BCUT2D eigenvalue weighted by Crippen LogP contribution is 2.36. The van der Waals surface area contributed by atoms with Gasteiger partial charge < -0.3 is 20.3 Å². The van der Waals surface area contributed by atoms with Gasteiger partial charge in [-0.05, 0) is 36.8 Å². The lowest BCUT2D eigenvalue weighted by molar-refractivity contribution is -0.143. The molecule has 3 unspecified atom stereocenters. The van der Waals surface area contributed by atoms with Crippen molar-refractivity contribution in [2.24, 2.45) is 11.7 Å². The summed E-state index contributed by atoms with van der Waals surface area (Å²) in [7, 11) is 3.22. The molecule has 0 spiro atoms. The number of carboxylic acid groups (broad SMARTS) is 1. The molecule has 0 saturated carbocycles.